The predicted octanol–water partition coefficient (Wildman–Crippen LogP) is 2.51. The van der Waals surface area contributed by atoms with Crippen LogP contribution in [0.1, 0.15) is 47.5 Å². The summed E-state index contributed by atoms with van der Waals surface area (Å²) >= 11 is 0. The molecule has 1 atom stereocenters. The third-order valence-corrected chi connectivity index (χ3v) is 3.32. The molecule has 1 N–H and O–H groups in total. The summed E-state index contributed by atoms with van der Waals surface area (Å²) in [6.07, 6.45) is 2.39. The minimum Gasteiger partial charge on any atom is -0.383 e. The standard InChI is InChI=1S/C14H32N2O/c1-8-12(9-2)16(6)13(11-17-7)10-15-14(3,4)5/h12-13,15H,8-11H2,1-7H3. The fourth-order valence-electron chi connectivity index (χ4n) is 2.10. The Morgan fingerprint density at radius 1 is 1.12 bits per heavy atom. The van der Waals surface area contributed by atoms with Crippen LogP contribution in [0.15, 0.2) is 0 Å². The fourth-order valence-corrected chi connectivity index (χ4v) is 2.10. The van der Waals surface area contributed by atoms with Crippen LogP contribution in [-0.2, 0) is 4.74 Å². The number of likely N-dealkylation sites (N-methyl/N-ethyl adjacent to an activating group) is 1. The van der Waals surface area contributed by atoms with Gasteiger partial charge in [0.2, 0.25) is 0 Å². The van der Waals surface area contributed by atoms with E-state index >= 15 is 0 Å². The molecule has 0 aromatic carbocycles. The number of rotatable bonds is 8. The molecule has 0 aromatic heterocycles. The van der Waals surface area contributed by atoms with E-state index in [-0.39, 0.29) is 5.54 Å². The van der Waals surface area contributed by atoms with E-state index in [9.17, 15) is 0 Å². The van der Waals surface area contributed by atoms with E-state index in [1.54, 1.807) is 7.11 Å². The molecule has 0 rings (SSSR count). The van der Waals surface area contributed by atoms with Gasteiger partial charge in [0, 0.05) is 31.3 Å². The molecule has 0 saturated heterocycles. The van der Waals surface area contributed by atoms with Crippen molar-refractivity contribution in [3.8, 4) is 0 Å². The second kappa shape index (κ2) is 8.06. The van der Waals surface area contributed by atoms with Gasteiger partial charge >= 0.3 is 0 Å². The normalized spacial score (nSPS) is 14.6. The minimum atomic E-state index is 0.167. The smallest absolute Gasteiger partial charge is 0.0630 e. The number of ether oxygens (including phenoxy) is 1. The first-order valence-corrected chi connectivity index (χ1v) is 6.81. The van der Waals surface area contributed by atoms with Crippen LogP contribution in [0.5, 0.6) is 0 Å². The topological polar surface area (TPSA) is 24.5 Å². The van der Waals surface area contributed by atoms with Crippen LogP contribution in [0.3, 0.4) is 0 Å². The monoisotopic (exact) mass is 244 g/mol. The molecular formula is C14H32N2O. The summed E-state index contributed by atoms with van der Waals surface area (Å²) in [4.78, 5) is 2.46. The van der Waals surface area contributed by atoms with Gasteiger partial charge in [-0.1, -0.05) is 13.8 Å². The van der Waals surface area contributed by atoms with Gasteiger partial charge in [-0.15, -0.1) is 0 Å². The van der Waals surface area contributed by atoms with Crippen molar-refractivity contribution < 1.29 is 4.74 Å². The van der Waals surface area contributed by atoms with Crippen molar-refractivity contribution in [2.45, 2.75) is 65.1 Å². The fraction of sp³-hybridized carbons (Fsp3) is 1.00. The zero-order valence-corrected chi connectivity index (χ0v) is 12.8. The molecule has 0 aliphatic heterocycles. The second-order valence-corrected chi connectivity index (χ2v) is 5.88. The molecular weight excluding hydrogens is 212 g/mol. The predicted molar refractivity (Wildman–Crippen MR) is 75.6 cm³/mol. The van der Waals surface area contributed by atoms with Crippen LogP contribution in [0, 0.1) is 0 Å². The van der Waals surface area contributed by atoms with Crippen molar-refractivity contribution in [3.63, 3.8) is 0 Å². The third kappa shape index (κ3) is 7.02. The van der Waals surface area contributed by atoms with Gasteiger partial charge < -0.3 is 10.1 Å². The molecule has 3 nitrogen and oxygen atoms in total. The van der Waals surface area contributed by atoms with Gasteiger partial charge in [-0.25, -0.2) is 0 Å². The summed E-state index contributed by atoms with van der Waals surface area (Å²) < 4.78 is 5.35. The molecule has 3 heteroatoms. The third-order valence-electron chi connectivity index (χ3n) is 3.32. The first-order chi connectivity index (χ1) is 7.85. The SMILES string of the molecule is CCC(CC)N(C)C(CNC(C)(C)C)COC. The summed E-state index contributed by atoms with van der Waals surface area (Å²) in [5, 5.41) is 3.57. The quantitative estimate of drug-likeness (QED) is 0.710. The Morgan fingerprint density at radius 3 is 2.00 bits per heavy atom. The maximum absolute atomic E-state index is 5.35. The molecule has 104 valence electrons. The van der Waals surface area contributed by atoms with E-state index in [0.717, 1.165) is 13.2 Å². The molecule has 1 unspecified atom stereocenters. The molecule has 0 saturated carbocycles. The van der Waals surface area contributed by atoms with Crippen molar-refractivity contribution in [2.24, 2.45) is 0 Å². The van der Waals surface area contributed by atoms with E-state index in [0.29, 0.717) is 12.1 Å². The number of nitrogens with zero attached hydrogens (tertiary/aromatic N) is 1. The van der Waals surface area contributed by atoms with Crippen molar-refractivity contribution in [1.29, 1.82) is 0 Å². The Balaban J connectivity index is 4.39. The summed E-state index contributed by atoms with van der Waals surface area (Å²) in [6.45, 7) is 12.9. The van der Waals surface area contributed by atoms with Crippen LogP contribution >= 0.6 is 0 Å². The zero-order chi connectivity index (χ0) is 13.5. The molecule has 0 aliphatic rings. The van der Waals surface area contributed by atoms with Gasteiger partial charge in [0.05, 0.1) is 6.61 Å². The van der Waals surface area contributed by atoms with Crippen molar-refractivity contribution in [2.75, 3.05) is 27.3 Å². The van der Waals surface area contributed by atoms with Crippen LogP contribution < -0.4 is 5.32 Å². The maximum atomic E-state index is 5.35. The summed E-state index contributed by atoms with van der Waals surface area (Å²) in [6, 6.07) is 1.10. The minimum absolute atomic E-state index is 0.167. The molecule has 0 radical (unpaired) electrons. The van der Waals surface area contributed by atoms with E-state index in [1.165, 1.54) is 12.8 Å². The number of hydrogen-bond donors (Lipinski definition) is 1. The molecule has 0 spiro atoms. The van der Waals surface area contributed by atoms with Gasteiger partial charge in [0.25, 0.3) is 0 Å². The average Bonchev–Trinajstić information content (AvgIpc) is 2.24. The first kappa shape index (κ1) is 16.9. The Kier molecular flexibility index (Phi) is 8.01. The van der Waals surface area contributed by atoms with Crippen LogP contribution in [0.4, 0.5) is 0 Å². The summed E-state index contributed by atoms with van der Waals surface area (Å²) in [7, 11) is 4.00. The van der Waals surface area contributed by atoms with E-state index in [2.05, 4.69) is 51.9 Å². The zero-order valence-electron chi connectivity index (χ0n) is 12.8. The lowest BCUT2D eigenvalue weighted by Gasteiger charge is -2.35. The Bertz CT molecular complexity index is 185. The number of nitrogens with one attached hydrogen (secondary N) is 1. The second-order valence-electron chi connectivity index (χ2n) is 5.88. The van der Waals surface area contributed by atoms with Crippen molar-refractivity contribution in [3.05, 3.63) is 0 Å². The molecule has 0 heterocycles. The van der Waals surface area contributed by atoms with E-state index in [1.807, 2.05) is 0 Å². The molecule has 17 heavy (non-hydrogen) atoms. The highest BCUT2D eigenvalue weighted by atomic mass is 16.5. The highest BCUT2D eigenvalue weighted by Crippen LogP contribution is 2.11. The molecule has 0 fully saturated rings. The van der Waals surface area contributed by atoms with Gasteiger partial charge in [-0.3, -0.25) is 4.90 Å². The van der Waals surface area contributed by atoms with Crippen LogP contribution in [0.25, 0.3) is 0 Å². The first-order valence-electron chi connectivity index (χ1n) is 6.81. The number of methoxy groups -OCH3 is 1. The summed E-state index contributed by atoms with van der Waals surface area (Å²) in [5.41, 5.74) is 0.167. The molecule has 0 aromatic rings. The Morgan fingerprint density at radius 2 is 1.65 bits per heavy atom. The van der Waals surface area contributed by atoms with Crippen molar-refractivity contribution >= 4 is 0 Å². The highest BCUT2D eigenvalue weighted by Gasteiger charge is 2.22. The van der Waals surface area contributed by atoms with E-state index < -0.39 is 0 Å². The lowest BCUT2D eigenvalue weighted by Crippen LogP contribution is -2.51. The maximum Gasteiger partial charge on any atom is 0.0630 e. The molecule has 0 amide bonds. The average molecular weight is 244 g/mol. The summed E-state index contributed by atoms with van der Waals surface area (Å²) in [5.74, 6) is 0. The van der Waals surface area contributed by atoms with Gasteiger partial charge in [0.1, 0.15) is 0 Å². The van der Waals surface area contributed by atoms with Gasteiger partial charge in [-0.2, -0.15) is 0 Å². The van der Waals surface area contributed by atoms with Crippen LogP contribution in [-0.4, -0.2) is 49.8 Å². The van der Waals surface area contributed by atoms with Crippen LogP contribution in [0.2, 0.25) is 0 Å². The largest absolute Gasteiger partial charge is 0.383 e. The Hall–Kier alpha value is -0.120. The Labute approximate surface area is 108 Å². The highest BCUT2D eigenvalue weighted by molar-refractivity contribution is 4.80. The lowest BCUT2D eigenvalue weighted by molar-refractivity contribution is 0.0728. The lowest BCUT2D eigenvalue weighted by atomic mass is 10.1. The van der Waals surface area contributed by atoms with Gasteiger partial charge in [0.15, 0.2) is 0 Å². The number of hydrogen-bond acceptors (Lipinski definition) is 3. The van der Waals surface area contributed by atoms with Gasteiger partial charge in [-0.05, 0) is 40.7 Å². The molecule has 0 bridgehead atoms. The molecule has 0 aliphatic carbocycles. The van der Waals surface area contributed by atoms with E-state index in [4.69, 9.17) is 4.74 Å². The van der Waals surface area contributed by atoms with Crippen molar-refractivity contribution in [1.82, 2.24) is 10.2 Å².